The third kappa shape index (κ3) is 9.79. The van der Waals surface area contributed by atoms with Gasteiger partial charge in [-0.1, -0.05) is 29.8 Å². The molecule has 17 heavy (non-hydrogen) atoms. The summed E-state index contributed by atoms with van der Waals surface area (Å²) in [6.45, 7) is 2.42. The molecule has 0 amide bonds. The Balaban J connectivity index is 0.000000557. The molecule has 0 aromatic heterocycles. The summed E-state index contributed by atoms with van der Waals surface area (Å²) in [5.41, 5.74) is 12.4. The van der Waals surface area contributed by atoms with Gasteiger partial charge in [0.1, 0.15) is 6.61 Å². The lowest BCUT2D eigenvalue weighted by molar-refractivity contribution is -0.742. The first-order valence-electron chi connectivity index (χ1n) is 4.51. The highest BCUT2D eigenvalue weighted by Gasteiger charge is 1.91. The van der Waals surface area contributed by atoms with Gasteiger partial charge in [0.25, 0.3) is 5.09 Å². The number of hydrogen-bond acceptors (Lipinski definition) is 4. The molecule has 0 aliphatic carbocycles. The van der Waals surface area contributed by atoms with E-state index in [2.05, 4.69) is 5.16 Å². The Morgan fingerprint density at radius 2 is 1.94 bits per heavy atom. The minimum Gasteiger partial charge on any atom is -0.388 e. The second kappa shape index (κ2) is 7.74. The molecular weight excluding hydrogens is 228 g/mol. The first kappa shape index (κ1) is 14.5. The topological polar surface area (TPSA) is 137 Å². The van der Waals surface area contributed by atoms with Gasteiger partial charge in [-0.2, -0.15) is 0 Å². The van der Waals surface area contributed by atoms with Crippen LogP contribution >= 0.6 is 0 Å². The average molecular weight is 242 g/mol. The minimum atomic E-state index is -1.50. The number of benzene rings is 1. The van der Waals surface area contributed by atoms with Gasteiger partial charge in [0.05, 0.1) is 0 Å². The lowest BCUT2D eigenvalue weighted by Crippen LogP contribution is -2.22. The first-order chi connectivity index (χ1) is 7.91. The highest BCUT2D eigenvalue weighted by atomic mass is 16.9. The zero-order valence-corrected chi connectivity index (χ0v) is 9.24. The van der Waals surface area contributed by atoms with E-state index in [9.17, 15) is 0 Å². The van der Waals surface area contributed by atoms with Crippen LogP contribution in [0, 0.1) is 17.0 Å². The summed E-state index contributed by atoms with van der Waals surface area (Å²) < 4.78 is 0. The van der Waals surface area contributed by atoms with Gasteiger partial charge in [0.2, 0.25) is 5.96 Å². The van der Waals surface area contributed by atoms with Crippen molar-refractivity contribution in [1.29, 1.82) is 0 Å². The standard InChI is InChI=1S/C9H13N3O.HNO3/c1-7-2-4-8(5-3-7)6-13-12-9(10)11;2-1(3)4/h2-5H,6H2,1H3,(H4,10,11,12);(H,2,3,4). The number of nitrogens with zero attached hydrogens (tertiary/aromatic N) is 2. The van der Waals surface area contributed by atoms with Gasteiger partial charge in [-0.25, -0.2) is 0 Å². The molecule has 94 valence electrons. The van der Waals surface area contributed by atoms with Crippen molar-refractivity contribution in [2.45, 2.75) is 13.5 Å². The third-order valence-electron chi connectivity index (χ3n) is 1.52. The van der Waals surface area contributed by atoms with Crippen LogP contribution in [0.5, 0.6) is 0 Å². The lowest BCUT2D eigenvalue weighted by atomic mass is 10.2. The fraction of sp³-hybridized carbons (Fsp3) is 0.222. The molecule has 1 aromatic rings. The van der Waals surface area contributed by atoms with E-state index < -0.39 is 5.09 Å². The van der Waals surface area contributed by atoms with Crippen LogP contribution in [0.15, 0.2) is 29.4 Å². The Kier molecular flexibility index (Phi) is 6.60. The fourth-order valence-electron chi connectivity index (χ4n) is 0.866. The fourth-order valence-corrected chi connectivity index (χ4v) is 0.866. The molecule has 0 radical (unpaired) electrons. The van der Waals surface area contributed by atoms with E-state index in [1.165, 1.54) is 5.56 Å². The molecule has 1 aromatic carbocycles. The smallest absolute Gasteiger partial charge is 0.291 e. The Morgan fingerprint density at radius 3 is 2.35 bits per heavy atom. The Labute approximate surface area is 97.6 Å². The summed E-state index contributed by atoms with van der Waals surface area (Å²) in [6, 6.07) is 7.96. The van der Waals surface area contributed by atoms with Gasteiger partial charge in [0.15, 0.2) is 0 Å². The monoisotopic (exact) mass is 242 g/mol. The van der Waals surface area contributed by atoms with E-state index in [0.717, 1.165) is 5.56 Å². The molecule has 0 heterocycles. The molecule has 0 saturated heterocycles. The number of guanidine groups is 1. The maximum Gasteiger partial charge on any atom is 0.291 e. The molecule has 0 bridgehead atoms. The van der Waals surface area contributed by atoms with E-state index in [1.807, 2.05) is 31.2 Å². The number of hydrogen-bond donors (Lipinski definition) is 3. The molecule has 8 nitrogen and oxygen atoms in total. The van der Waals surface area contributed by atoms with E-state index in [0.29, 0.717) is 6.61 Å². The molecule has 1 rings (SSSR count). The zero-order chi connectivity index (χ0) is 13.3. The molecule has 0 saturated carbocycles. The normalized spacial score (nSPS) is 8.53. The predicted molar refractivity (Wildman–Crippen MR) is 60.6 cm³/mol. The van der Waals surface area contributed by atoms with Crippen molar-refractivity contribution in [3.05, 3.63) is 45.5 Å². The zero-order valence-electron chi connectivity index (χ0n) is 9.24. The highest BCUT2D eigenvalue weighted by Crippen LogP contribution is 2.04. The summed E-state index contributed by atoms with van der Waals surface area (Å²) in [6.07, 6.45) is 0. The molecule has 0 unspecified atom stereocenters. The summed E-state index contributed by atoms with van der Waals surface area (Å²) >= 11 is 0. The van der Waals surface area contributed by atoms with Crippen molar-refractivity contribution in [3.8, 4) is 0 Å². The van der Waals surface area contributed by atoms with Crippen LogP contribution in [-0.2, 0) is 11.4 Å². The van der Waals surface area contributed by atoms with Crippen LogP contribution in [0.25, 0.3) is 0 Å². The van der Waals surface area contributed by atoms with Gasteiger partial charge >= 0.3 is 0 Å². The van der Waals surface area contributed by atoms with Crippen LogP contribution < -0.4 is 11.5 Å². The number of aryl methyl sites for hydroxylation is 1. The quantitative estimate of drug-likeness (QED) is 0.302. The van der Waals surface area contributed by atoms with Gasteiger partial charge in [0, 0.05) is 0 Å². The van der Waals surface area contributed by atoms with E-state index in [4.69, 9.17) is 31.6 Å². The van der Waals surface area contributed by atoms with Crippen LogP contribution in [0.2, 0.25) is 0 Å². The van der Waals surface area contributed by atoms with Crippen molar-refractivity contribution in [1.82, 2.24) is 0 Å². The SMILES string of the molecule is Cc1ccc(CON=C(N)N)cc1.O=[N+]([O-])O. The Hall–Kier alpha value is -2.51. The van der Waals surface area contributed by atoms with Crippen LogP contribution in [0.1, 0.15) is 11.1 Å². The molecule has 0 fully saturated rings. The number of nitrogens with two attached hydrogens (primary N) is 2. The van der Waals surface area contributed by atoms with E-state index >= 15 is 0 Å². The number of rotatable bonds is 3. The molecule has 0 spiro atoms. The maximum atomic E-state index is 8.36. The second-order valence-corrected chi connectivity index (χ2v) is 3.01. The molecule has 0 aliphatic rings. The largest absolute Gasteiger partial charge is 0.388 e. The van der Waals surface area contributed by atoms with Crippen LogP contribution in [0.3, 0.4) is 0 Å². The molecule has 8 heteroatoms. The summed E-state index contributed by atoms with van der Waals surface area (Å²) in [5.74, 6) is -0.0629. The van der Waals surface area contributed by atoms with Gasteiger partial charge in [-0.3, -0.25) is 0 Å². The third-order valence-corrected chi connectivity index (χ3v) is 1.52. The van der Waals surface area contributed by atoms with Crippen LogP contribution in [0.4, 0.5) is 0 Å². The molecule has 0 atom stereocenters. The van der Waals surface area contributed by atoms with E-state index in [-0.39, 0.29) is 5.96 Å². The maximum absolute atomic E-state index is 8.36. The molecular formula is C9H14N4O4. The van der Waals surface area contributed by atoms with E-state index in [1.54, 1.807) is 0 Å². The van der Waals surface area contributed by atoms with Crippen molar-refractivity contribution >= 4 is 5.96 Å². The van der Waals surface area contributed by atoms with Gasteiger partial charge < -0.3 is 21.5 Å². The van der Waals surface area contributed by atoms with Crippen molar-refractivity contribution in [3.63, 3.8) is 0 Å². The molecule has 5 N–H and O–H groups in total. The Bertz CT molecular complexity index is 369. The minimum absolute atomic E-state index is 0.0629. The number of oxime groups is 1. The van der Waals surface area contributed by atoms with Gasteiger partial charge in [-0.15, -0.1) is 10.1 Å². The lowest BCUT2D eigenvalue weighted by Gasteiger charge is -2.00. The van der Waals surface area contributed by atoms with Crippen molar-refractivity contribution in [2.24, 2.45) is 16.6 Å². The van der Waals surface area contributed by atoms with Crippen molar-refractivity contribution < 1.29 is 15.1 Å². The predicted octanol–water partition coefficient (Wildman–Crippen LogP) is 0.352. The summed E-state index contributed by atoms with van der Waals surface area (Å²) in [4.78, 5) is 13.2. The summed E-state index contributed by atoms with van der Waals surface area (Å²) in [7, 11) is 0. The Morgan fingerprint density at radius 1 is 1.47 bits per heavy atom. The van der Waals surface area contributed by atoms with Crippen LogP contribution in [-0.4, -0.2) is 16.3 Å². The first-order valence-corrected chi connectivity index (χ1v) is 4.51. The second-order valence-electron chi connectivity index (χ2n) is 3.01. The average Bonchev–Trinajstić information content (AvgIpc) is 2.19. The van der Waals surface area contributed by atoms with Gasteiger partial charge in [-0.05, 0) is 17.6 Å². The summed E-state index contributed by atoms with van der Waals surface area (Å²) in [5, 5.41) is 17.1. The highest BCUT2D eigenvalue weighted by molar-refractivity contribution is 5.74. The molecule has 0 aliphatic heterocycles. The van der Waals surface area contributed by atoms with Crippen molar-refractivity contribution in [2.75, 3.05) is 0 Å².